The zero-order valence-electron chi connectivity index (χ0n) is 14.3. The molecule has 7 heteroatoms. The first-order valence-corrected chi connectivity index (χ1v) is 9.60. The van der Waals surface area contributed by atoms with Gasteiger partial charge in [-0.05, 0) is 31.0 Å². The van der Waals surface area contributed by atoms with Gasteiger partial charge in [0.1, 0.15) is 0 Å². The van der Waals surface area contributed by atoms with Gasteiger partial charge in [-0.1, -0.05) is 65.3 Å². The molecule has 1 heterocycles. The lowest BCUT2D eigenvalue weighted by atomic mass is 10.1. The largest absolute Gasteiger partial charge is 0.355 e. The zero-order valence-corrected chi connectivity index (χ0v) is 15.9. The van der Waals surface area contributed by atoms with E-state index in [9.17, 15) is 4.79 Å². The molecule has 0 saturated carbocycles. The third-order valence-corrected chi connectivity index (χ3v) is 4.83. The molecule has 26 heavy (non-hydrogen) atoms. The second kappa shape index (κ2) is 8.87. The highest BCUT2D eigenvalue weighted by atomic mass is 35.5. The first-order valence-electron chi connectivity index (χ1n) is 8.23. The number of aromatic amines is 1. The van der Waals surface area contributed by atoms with Crippen LogP contribution in [0.5, 0.6) is 0 Å². The molecule has 134 valence electrons. The number of thioether (sulfide) groups is 1. The summed E-state index contributed by atoms with van der Waals surface area (Å²) in [5.41, 5.74) is 3.26. The molecule has 0 aliphatic rings. The Balaban J connectivity index is 1.44. The standard InChI is InChI=1S/C19H19ClN4OS/c1-13-5-7-15(8-6-13)18-22-19(24-23-18)26-12-17(25)21-10-9-14-3-2-4-16(20)11-14/h2-8,11H,9-10,12H2,1H3,(H,21,25)(H,22,23,24). The highest BCUT2D eigenvalue weighted by Crippen LogP contribution is 2.19. The maximum absolute atomic E-state index is 12.0. The smallest absolute Gasteiger partial charge is 0.230 e. The molecule has 3 rings (SSSR count). The Morgan fingerprint density at radius 3 is 2.81 bits per heavy atom. The molecule has 1 aromatic heterocycles. The number of carbonyl (C=O) groups excluding carboxylic acids is 1. The van der Waals surface area contributed by atoms with Crippen molar-refractivity contribution in [2.75, 3.05) is 12.3 Å². The van der Waals surface area contributed by atoms with Crippen molar-refractivity contribution in [3.05, 3.63) is 64.7 Å². The van der Waals surface area contributed by atoms with E-state index in [2.05, 4.69) is 20.5 Å². The van der Waals surface area contributed by atoms with Crippen LogP contribution >= 0.6 is 23.4 Å². The highest BCUT2D eigenvalue weighted by molar-refractivity contribution is 7.99. The van der Waals surface area contributed by atoms with Crippen LogP contribution < -0.4 is 5.32 Å². The van der Waals surface area contributed by atoms with Crippen molar-refractivity contribution in [1.82, 2.24) is 20.5 Å². The summed E-state index contributed by atoms with van der Waals surface area (Å²) in [6, 6.07) is 15.7. The SMILES string of the molecule is Cc1ccc(-c2nc(SCC(=O)NCCc3cccc(Cl)c3)n[nH]2)cc1. The second-order valence-corrected chi connectivity index (χ2v) is 7.23. The summed E-state index contributed by atoms with van der Waals surface area (Å²) in [4.78, 5) is 16.4. The molecule has 0 radical (unpaired) electrons. The topological polar surface area (TPSA) is 70.7 Å². The molecule has 3 aromatic rings. The van der Waals surface area contributed by atoms with Gasteiger partial charge in [-0.25, -0.2) is 4.98 Å². The van der Waals surface area contributed by atoms with E-state index < -0.39 is 0 Å². The summed E-state index contributed by atoms with van der Waals surface area (Å²) in [5.74, 6) is 0.938. The van der Waals surface area contributed by atoms with Crippen molar-refractivity contribution in [2.24, 2.45) is 0 Å². The molecule has 2 N–H and O–H groups in total. The predicted molar refractivity (Wildman–Crippen MR) is 105 cm³/mol. The Bertz CT molecular complexity index is 879. The van der Waals surface area contributed by atoms with E-state index in [1.807, 2.05) is 55.5 Å². The maximum Gasteiger partial charge on any atom is 0.230 e. The van der Waals surface area contributed by atoms with Gasteiger partial charge < -0.3 is 5.32 Å². The minimum Gasteiger partial charge on any atom is -0.355 e. The summed E-state index contributed by atoms with van der Waals surface area (Å²) in [5, 5.41) is 11.2. The minimum absolute atomic E-state index is 0.0429. The van der Waals surface area contributed by atoms with Crippen LogP contribution in [0.25, 0.3) is 11.4 Å². The van der Waals surface area contributed by atoms with Gasteiger partial charge in [0.25, 0.3) is 0 Å². The number of nitrogens with one attached hydrogen (secondary N) is 2. The number of H-pyrrole nitrogens is 1. The number of amides is 1. The molecule has 0 spiro atoms. The number of carbonyl (C=O) groups is 1. The molecule has 0 bridgehead atoms. The third-order valence-electron chi connectivity index (χ3n) is 3.75. The Labute approximate surface area is 161 Å². The monoisotopic (exact) mass is 386 g/mol. The molecule has 0 atom stereocenters. The van der Waals surface area contributed by atoms with Gasteiger partial charge in [-0.3, -0.25) is 9.89 Å². The normalized spacial score (nSPS) is 10.7. The minimum atomic E-state index is -0.0429. The van der Waals surface area contributed by atoms with Crippen LogP contribution in [0.3, 0.4) is 0 Å². The quantitative estimate of drug-likeness (QED) is 0.604. The summed E-state index contributed by atoms with van der Waals surface area (Å²) >= 11 is 7.26. The molecule has 5 nitrogen and oxygen atoms in total. The van der Waals surface area contributed by atoms with E-state index in [1.54, 1.807) is 0 Å². The van der Waals surface area contributed by atoms with Crippen LogP contribution in [0.2, 0.25) is 5.02 Å². The van der Waals surface area contributed by atoms with Gasteiger partial charge in [0.15, 0.2) is 5.82 Å². The number of hydrogen-bond donors (Lipinski definition) is 2. The van der Waals surface area contributed by atoms with E-state index in [0.717, 1.165) is 17.5 Å². The van der Waals surface area contributed by atoms with Crippen molar-refractivity contribution < 1.29 is 4.79 Å². The fourth-order valence-corrected chi connectivity index (χ4v) is 3.21. The van der Waals surface area contributed by atoms with Crippen molar-refractivity contribution in [1.29, 1.82) is 0 Å². The highest BCUT2D eigenvalue weighted by Gasteiger charge is 2.09. The van der Waals surface area contributed by atoms with Gasteiger partial charge in [0, 0.05) is 17.1 Å². The molecule has 0 aliphatic carbocycles. The fraction of sp³-hybridized carbons (Fsp3) is 0.211. The lowest BCUT2D eigenvalue weighted by Crippen LogP contribution is -2.27. The second-order valence-electron chi connectivity index (χ2n) is 5.85. The average Bonchev–Trinajstić information content (AvgIpc) is 3.10. The van der Waals surface area contributed by atoms with Crippen LogP contribution in [0.15, 0.2) is 53.7 Å². The van der Waals surface area contributed by atoms with E-state index in [0.29, 0.717) is 22.5 Å². The van der Waals surface area contributed by atoms with Gasteiger partial charge in [-0.15, -0.1) is 5.10 Å². The van der Waals surface area contributed by atoms with Gasteiger partial charge >= 0.3 is 0 Å². The molecule has 0 fully saturated rings. The van der Waals surface area contributed by atoms with Crippen LogP contribution in [0.1, 0.15) is 11.1 Å². The Morgan fingerprint density at radius 1 is 1.23 bits per heavy atom. The summed E-state index contributed by atoms with van der Waals surface area (Å²) in [6.07, 6.45) is 0.745. The summed E-state index contributed by atoms with van der Waals surface area (Å²) < 4.78 is 0. The van der Waals surface area contributed by atoms with Crippen LogP contribution in [0, 0.1) is 6.92 Å². The van der Waals surface area contributed by atoms with Crippen molar-refractivity contribution in [3.8, 4) is 11.4 Å². The molecule has 0 saturated heterocycles. The van der Waals surface area contributed by atoms with E-state index in [1.165, 1.54) is 17.3 Å². The number of halogens is 1. The molecular formula is C19H19ClN4OS. The number of aromatic nitrogens is 3. The first kappa shape index (κ1) is 18.5. The number of nitrogens with zero attached hydrogens (tertiary/aromatic N) is 2. The van der Waals surface area contributed by atoms with Crippen LogP contribution in [0.4, 0.5) is 0 Å². The van der Waals surface area contributed by atoms with Crippen LogP contribution in [-0.4, -0.2) is 33.4 Å². The Hall–Kier alpha value is -2.31. The predicted octanol–water partition coefficient (Wildman–Crippen LogP) is 3.88. The molecular weight excluding hydrogens is 368 g/mol. The zero-order chi connectivity index (χ0) is 18.4. The van der Waals surface area contributed by atoms with Gasteiger partial charge in [-0.2, -0.15) is 0 Å². The Kier molecular flexibility index (Phi) is 6.30. The molecule has 0 aliphatic heterocycles. The van der Waals surface area contributed by atoms with Crippen molar-refractivity contribution in [3.63, 3.8) is 0 Å². The molecule has 1 amide bonds. The van der Waals surface area contributed by atoms with Crippen molar-refractivity contribution in [2.45, 2.75) is 18.5 Å². The number of aryl methyl sites for hydroxylation is 1. The lowest BCUT2D eigenvalue weighted by Gasteiger charge is -2.04. The Morgan fingerprint density at radius 2 is 2.04 bits per heavy atom. The first-order chi connectivity index (χ1) is 12.6. The number of hydrogen-bond acceptors (Lipinski definition) is 4. The molecule has 0 unspecified atom stereocenters. The van der Waals surface area contributed by atoms with Crippen molar-refractivity contribution >= 4 is 29.3 Å². The van der Waals surface area contributed by atoms with E-state index in [4.69, 9.17) is 11.6 Å². The van der Waals surface area contributed by atoms with Gasteiger partial charge in [0.2, 0.25) is 11.1 Å². The van der Waals surface area contributed by atoms with Gasteiger partial charge in [0.05, 0.1) is 5.75 Å². The van der Waals surface area contributed by atoms with E-state index >= 15 is 0 Å². The number of rotatable bonds is 7. The van der Waals surface area contributed by atoms with Crippen LogP contribution in [-0.2, 0) is 11.2 Å². The number of benzene rings is 2. The maximum atomic E-state index is 12.0. The third kappa shape index (κ3) is 5.34. The summed E-state index contributed by atoms with van der Waals surface area (Å²) in [7, 11) is 0. The summed E-state index contributed by atoms with van der Waals surface area (Å²) in [6.45, 7) is 2.61. The fourth-order valence-electron chi connectivity index (χ4n) is 2.37. The molecule has 2 aromatic carbocycles. The van der Waals surface area contributed by atoms with E-state index in [-0.39, 0.29) is 11.7 Å². The average molecular weight is 387 g/mol. The lowest BCUT2D eigenvalue weighted by molar-refractivity contribution is -0.118.